The van der Waals surface area contributed by atoms with E-state index in [4.69, 9.17) is 27.9 Å². The number of carbonyl (C=O) groups is 2. The average Bonchev–Trinajstić information content (AvgIpc) is 2.92. The van der Waals surface area contributed by atoms with E-state index in [2.05, 4.69) is 5.32 Å². The summed E-state index contributed by atoms with van der Waals surface area (Å²) >= 11 is 12.1. The Balaban J connectivity index is 1.59. The SMILES string of the molecule is O=C(NC1CCCCC1)C(Cc1ccccc1)N(Cc1ccc(Cl)cc1)C(=O)COc1ccc(Cl)cc1. The fourth-order valence-corrected chi connectivity index (χ4v) is 4.90. The van der Waals surface area contributed by atoms with Gasteiger partial charge in [0.15, 0.2) is 6.61 Å². The predicted molar refractivity (Wildman–Crippen MR) is 148 cm³/mol. The monoisotopic (exact) mass is 538 g/mol. The van der Waals surface area contributed by atoms with E-state index in [1.54, 1.807) is 41.3 Å². The Morgan fingerprint density at radius 2 is 1.46 bits per heavy atom. The lowest BCUT2D eigenvalue weighted by atomic mass is 9.94. The summed E-state index contributed by atoms with van der Waals surface area (Å²) in [5.74, 6) is 0.129. The zero-order chi connectivity index (χ0) is 26.0. The van der Waals surface area contributed by atoms with Crippen molar-refractivity contribution in [2.75, 3.05) is 6.61 Å². The first-order chi connectivity index (χ1) is 18.0. The third-order valence-corrected chi connectivity index (χ3v) is 7.17. The number of nitrogens with one attached hydrogen (secondary N) is 1. The molecule has 1 atom stereocenters. The second kappa shape index (κ2) is 13.5. The molecule has 3 aromatic carbocycles. The van der Waals surface area contributed by atoms with Crippen LogP contribution in [-0.2, 0) is 22.6 Å². The molecule has 0 radical (unpaired) electrons. The van der Waals surface area contributed by atoms with Crippen LogP contribution < -0.4 is 10.1 Å². The molecule has 4 rings (SSSR count). The van der Waals surface area contributed by atoms with Gasteiger partial charge in [0, 0.05) is 29.1 Å². The summed E-state index contributed by atoms with van der Waals surface area (Å²) in [6, 6.07) is 23.4. The lowest BCUT2D eigenvalue weighted by molar-refractivity contribution is -0.143. The Labute approximate surface area is 228 Å². The summed E-state index contributed by atoms with van der Waals surface area (Å²) < 4.78 is 5.79. The van der Waals surface area contributed by atoms with Crippen LogP contribution in [0.4, 0.5) is 0 Å². The minimum absolute atomic E-state index is 0.135. The number of hydrogen-bond donors (Lipinski definition) is 1. The van der Waals surface area contributed by atoms with Crippen molar-refractivity contribution in [3.8, 4) is 5.75 Å². The van der Waals surface area contributed by atoms with Gasteiger partial charge in [-0.3, -0.25) is 9.59 Å². The molecule has 1 aliphatic rings. The smallest absolute Gasteiger partial charge is 0.261 e. The molecule has 1 N–H and O–H groups in total. The van der Waals surface area contributed by atoms with E-state index in [0.29, 0.717) is 22.2 Å². The fraction of sp³-hybridized carbons (Fsp3) is 0.333. The summed E-state index contributed by atoms with van der Waals surface area (Å²) in [6.07, 6.45) is 5.75. The normalized spacial score (nSPS) is 14.5. The third-order valence-electron chi connectivity index (χ3n) is 6.66. The van der Waals surface area contributed by atoms with E-state index in [1.165, 1.54) is 6.42 Å². The van der Waals surface area contributed by atoms with Gasteiger partial charge >= 0.3 is 0 Å². The summed E-state index contributed by atoms with van der Waals surface area (Å²) in [6.45, 7) is 0.0623. The quantitative estimate of drug-likeness (QED) is 0.322. The molecule has 1 saturated carbocycles. The van der Waals surface area contributed by atoms with E-state index < -0.39 is 6.04 Å². The molecular formula is C30H32Cl2N2O3. The first-order valence-corrected chi connectivity index (χ1v) is 13.5. The van der Waals surface area contributed by atoms with Crippen LogP contribution in [0.1, 0.15) is 43.2 Å². The van der Waals surface area contributed by atoms with Crippen LogP contribution in [0.3, 0.4) is 0 Å². The minimum atomic E-state index is -0.693. The lowest BCUT2D eigenvalue weighted by Crippen LogP contribution is -2.53. The third kappa shape index (κ3) is 8.24. The molecule has 7 heteroatoms. The zero-order valence-electron chi connectivity index (χ0n) is 20.7. The summed E-state index contributed by atoms with van der Waals surface area (Å²) in [7, 11) is 0. The van der Waals surface area contributed by atoms with Crippen LogP contribution in [0.25, 0.3) is 0 Å². The Bertz CT molecular complexity index is 1150. The van der Waals surface area contributed by atoms with Crippen molar-refractivity contribution in [2.24, 2.45) is 0 Å². The van der Waals surface area contributed by atoms with Crippen LogP contribution in [0.2, 0.25) is 10.0 Å². The summed E-state index contributed by atoms with van der Waals surface area (Å²) in [5.41, 5.74) is 1.87. The van der Waals surface area contributed by atoms with Crippen LogP contribution in [0.15, 0.2) is 78.9 Å². The molecular weight excluding hydrogens is 507 g/mol. The van der Waals surface area contributed by atoms with Gasteiger partial charge in [0.1, 0.15) is 11.8 Å². The van der Waals surface area contributed by atoms with Gasteiger partial charge in [-0.1, -0.05) is 84.9 Å². The molecule has 2 amide bonds. The van der Waals surface area contributed by atoms with E-state index >= 15 is 0 Å². The van der Waals surface area contributed by atoms with Crippen LogP contribution in [0, 0.1) is 0 Å². The molecule has 0 aromatic heterocycles. The molecule has 0 aliphatic heterocycles. The number of benzene rings is 3. The van der Waals surface area contributed by atoms with Crippen LogP contribution in [0.5, 0.6) is 5.75 Å². The van der Waals surface area contributed by atoms with Gasteiger partial charge in [-0.2, -0.15) is 0 Å². The van der Waals surface area contributed by atoms with Gasteiger partial charge in [0.05, 0.1) is 0 Å². The van der Waals surface area contributed by atoms with Gasteiger partial charge in [-0.25, -0.2) is 0 Å². The number of amides is 2. The largest absolute Gasteiger partial charge is 0.484 e. The number of ether oxygens (including phenoxy) is 1. The molecule has 3 aromatic rings. The number of carbonyl (C=O) groups excluding carboxylic acids is 2. The predicted octanol–water partition coefficient (Wildman–Crippen LogP) is 6.46. The molecule has 0 saturated heterocycles. The molecule has 1 aliphatic carbocycles. The molecule has 37 heavy (non-hydrogen) atoms. The van der Waals surface area contributed by atoms with Gasteiger partial charge in [0.25, 0.3) is 5.91 Å². The van der Waals surface area contributed by atoms with E-state index in [-0.39, 0.29) is 31.0 Å². The topological polar surface area (TPSA) is 58.6 Å². The highest BCUT2D eigenvalue weighted by Crippen LogP contribution is 2.21. The maximum Gasteiger partial charge on any atom is 0.261 e. The van der Waals surface area contributed by atoms with Crippen LogP contribution in [-0.4, -0.2) is 35.4 Å². The molecule has 1 unspecified atom stereocenters. The van der Waals surface area contributed by atoms with Gasteiger partial charge < -0.3 is 15.0 Å². The fourth-order valence-electron chi connectivity index (χ4n) is 4.64. The van der Waals surface area contributed by atoms with Crippen molar-refractivity contribution in [2.45, 2.75) is 57.2 Å². The van der Waals surface area contributed by atoms with Gasteiger partial charge in [0.2, 0.25) is 5.91 Å². The lowest BCUT2D eigenvalue weighted by Gasteiger charge is -2.33. The van der Waals surface area contributed by atoms with E-state index in [0.717, 1.165) is 36.8 Å². The second-order valence-electron chi connectivity index (χ2n) is 9.44. The molecule has 194 valence electrons. The zero-order valence-corrected chi connectivity index (χ0v) is 22.3. The molecule has 0 bridgehead atoms. The van der Waals surface area contributed by atoms with Crippen molar-refractivity contribution < 1.29 is 14.3 Å². The molecule has 0 spiro atoms. The highest BCUT2D eigenvalue weighted by atomic mass is 35.5. The minimum Gasteiger partial charge on any atom is -0.484 e. The van der Waals surface area contributed by atoms with Crippen molar-refractivity contribution in [1.82, 2.24) is 10.2 Å². The van der Waals surface area contributed by atoms with E-state index in [1.807, 2.05) is 42.5 Å². The van der Waals surface area contributed by atoms with Crippen molar-refractivity contribution in [1.29, 1.82) is 0 Å². The Morgan fingerprint density at radius 1 is 0.838 bits per heavy atom. The number of hydrogen-bond acceptors (Lipinski definition) is 3. The Kier molecular flexibility index (Phi) is 9.86. The van der Waals surface area contributed by atoms with Crippen molar-refractivity contribution in [3.05, 3.63) is 100 Å². The van der Waals surface area contributed by atoms with Crippen LogP contribution >= 0.6 is 23.2 Å². The molecule has 5 nitrogen and oxygen atoms in total. The second-order valence-corrected chi connectivity index (χ2v) is 10.3. The highest BCUT2D eigenvalue weighted by Gasteiger charge is 2.32. The molecule has 1 fully saturated rings. The maximum absolute atomic E-state index is 13.7. The van der Waals surface area contributed by atoms with Crippen molar-refractivity contribution >= 4 is 35.0 Å². The molecule has 0 heterocycles. The standard InChI is InChI=1S/C30H32Cl2N2O3/c31-24-13-11-23(12-14-24)20-34(29(35)21-37-27-17-15-25(32)16-18-27)28(19-22-7-3-1-4-8-22)30(36)33-26-9-5-2-6-10-26/h1,3-4,7-8,11-18,26,28H,2,5-6,9-10,19-21H2,(H,33,36). The number of rotatable bonds is 10. The highest BCUT2D eigenvalue weighted by molar-refractivity contribution is 6.30. The number of nitrogens with zero attached hydrogens (tertiary/aromatic N) is 1. The maximum atomic E-state index is 13.7. The first-order valence-electron chi connectivity index (χ1n) is 12.7. The number of halogens is 2. The van der Waals surface area contributed by atoms with Crippen molar-refractivity contribution in [3.63, 3.8) is 0 Å². The van der Waals surface area contributed by atoms with E-state index in [9.17, 15) is 9.59 Å². The van der Waals surface area contributed by atoms with Gasteiger partial charge in [-0.05, 0) is 60.4 Å². The van der Waals surface area contributed by atoms with Gasteiger partial charge in [-0.15, -0.1) is 0 Å². The first kappa shape index (κ1) is 27.0. The average molecular weight is 540 g/mol. The summed E-state index contributed by atoms with van der Waals surface area (Å²) in [4.78, 5) is 29.0. The Morgan fingerprint density at radius 3 is 2.11 bits per heavy atom. The summed E-state index contributed by atoms with van der Waals surface area (Å²) in [5, 5.41) is 4.44. The Hall–Kier alpha value is -3.02.